The number of ether oxygens (including phenoxy) is 1. The number of isocyanates is 1. The maximum atomic E-state index is 10.5. The largest absolute Gasteiger partial charge is 0.381 e. The van der Waals surface area contributed by atoms with Crippen molar-refractivity contribution in [1.82, 2.24) is 0 Å². The van der Waals surface area contributed by atoms with Crippen molar-refractivity contribution < 1.29 is 9.53 Å². The molecule has 0 spiro atoms. The molecule has 1 atom stereocenters. The lowest BCUT2D eigenvalue weighted by molar-refractivity contribution is 0.0586. The summed E-state index contributed by atoms with van der Waals surface area (Å²) in [6, 6.07) is 9.89. The van der Waals surface area contributed by atoms with Gasteiger partial charge in [0.15, 0.2) is 0 Å². The molecular weight excluding hydrogens is 202 g/mol. The van der Waals surface area contributed by atoms with Gasteiger partial charge in [0, 0.05) is 13.2 Å². The molecule has 0 saturated carbocycles. The van der Waals surface area contributed by atoms with E-state index in [0.717, 1.165) is 31.6 Å². The van der Waals surface area contributed by atoms with E-state index < -0.39 is 0 Å². The molecule has 0 amide bonds. The molecule has 3 heteroatoms. The molecule has 0 N–H and O–H groups in total. The fourth-order valence-corrected chi connectivity index (χ4v) is 2.19. The highest BCUT2D eigenvalue weighted by atomic mass is 16.5. The molecule has 1 unspecified atom stereocenters. The standard InChI is InChI=1S/C13H15NO2/c15-10-14-13(11-4-2-1-3-5-11)12-6-8-16-9-7-12/h1-5,12-13H,6-9H2. The fraction of sp³-hybridized carbons (Fsp3) is 0.462. The average Bonchev–Trinajstić information content (AvgIpc) is 2.38. The first-order chi connectivity index (χ1) is 7.92. The van der Waals surface area contributed by atoms with E-state index in [1.54, 1.807) is 6.08 Å². The Bertz CT molecular complexity index is 365. The van der Waals surface area contributed by atoms with Crippen LogP contribution >= 0.6 is 0 Å². The third-order valence-corrected chi connectivity index (χ3v) is 3.05. The lowest BCUT2D eigenvalue weighted by atomic mass is 9.87. The summed E-state index contributed by atoms with van der Waals surface area (Å²) in [5, 5.41) is 0. The first-order valence-electron chi connectivity index (χ1n) is 5.61. The molecule has 3 nitrogen and oxygen atoms in total. The number of hydrogen-bond acceptors (Lipinski definition) is 3. The molecule has 0 bridgehead atoms. The second kappa shape index (κ2) is 5.59. The van der Waals surface area contributed by atoms with Crippen molar-refractivity contribution in [1.29, 1.82) is 0 Å². The predicted molar refractivity (Wildman–Crippen MR) is 60.8 cm³/mol. The van der Waals surface area contributed by atoms with E-state index in [-0.39, 0.29) is 6.04 Å². The monoisotopic (exact) mass is 217 g/mol. The van der Waals surface area contributed by atoms with Crippen LogP contribution in [0.2, 0.25) is 0 Å². The van der Waals surface area contributed by atoms with Crippen LogP contribution in [0.4, 0.5) is 0 Å². The molecule has 84 valence electrons. The number of benzene rings is 1. The highest BCUT2D eigenvalue weighted by Crippen LogP contribution is 2.32. The van der Waals surface area contributed by atoms with Crippen LogP contribution in [-0.2, 0) is 9.53 Å². The summed E-state index contributed by atoms with van der Waals surface area (Å²) in [5.74, 6) is 0.401. The summed E-state index contributed by atoms with van der Waals surface area (Å²) in [7, 11) is 0. The Hall–Kier alpha value is -1.44. The maximum Gasteiger partial charge on any atom is 0.235 e. The molecule has 1 saturated heterocycles. The summed E-state index contributed by atoms with van der Waals surface area (Å²) >= 11 is 0. The van der Waals surface area contributed by atoms with E-state index in [4.69, 9.17) is 4.74 Å². The zero-order valence-corrected chi connectivity index (χ0v) is 9.13. The van der Waals surface area contributed by atoms with Gasteiger partial charge in [0.2, 0.25) is 6.08 Å². The van der Waals surface area contributed by atoms with Gasteiger partial charge in [0.25, 0.3) is 0 Å². The molecule has 16 heavy (non-hydrogen) atoms. The van der Waals surface area contributed by atoms with Gasteiger partial charge in [0.05, 0.1) is 6.04 Å². The smallest absolute Gasteiger partial charge is 0.235 e. The zero-order valence-electron chi connectivity index (χ0n) is 9.13. The third kappa shape index (κ3) is 2.57. The lowest BCUT2D eigenvalue weighted by Gasteiger charge is -2.26. The Kier molecular flexibility index (Phi) is 3.86. The van der Waals surface area contributed by atoms with Crippen molar-refractivity contribution in [2.45, 2.75) is 18.9 Å². The molecule has 1 heterocycles. The average molecular weight is 217 g/mol. The van der Waals surface area contributed by atoms with Crippen LogP contribution in [0, 0.1) is 5.92 Å². The minimum atomic E-state index is -0.0531. The van der Waals surface area contributed by atoms with Crippen LogP contribution in [0.3, 0.4) is 0 Å². The van der Waals surface area contributed by atoms with Crippen molar-refractivity contribution in [3.63, 3.8) is 0 Å². The molecule has 1 aromatic carbocycles. The minimum absolute atomic E-state index is 0.0531. The van der Waals surface area contributed by atoms with Gasteiger partial charge < -0.3 is 4.74 Å². The van der Waals surface area contributed by atoms with Gasteiger partial charge in [-0.2, -0.15) is 4.99 Å². The second-order valence-corrected chi connectivity index (χ2v) is 4.03. The topological polar surface area (TPSA) is 38.7 Å². The SMILES string of the molecule is O=C=NC(c1ccccc1)C1CCOCC1. The first kappa shape index (κ1) is 11.1. The number of carbonyl (C=O) groups excluding carboxylic acids is 1. The number of nitrogens with zero attached hydrogens (tertiary/aromatic N) is 1. The van der Waals surface area contributed by atoms with Gasteiger partial charge in [-0.15, -0.1) is 0 Å². The summed E-state index contributed by atoms with van der Waals surface area (Å²) < 4.78 is 5.32. The number of hydrogen-bond donors (Lipinski definition) is 0. The van der Waals surface area contributed by atoms with Gasteiger partial charge >= 0.3 is 0 Å². The van der Waals surface area contributed by atoms with Crippen LogP contribution in [0.1, 0.15) is 24.4 Å². The Labute approximate surface area is 95.2 Å². The van der Waals surface area contributed by atoms with Crippen molar-refractivity contribution in [2.75, 3.05) is 13.2 Å². The Morgan fingerprint density at radius 3 is 2.56 bits per heavy atom. The zero-order chi connectivity index (χ0) is 11.2. The van der Waals surface area contributed by atoms with Crippen molar-refractivity contribution >= 4 is 6.08 Å². The van der Waals surface area contributed by atoms with Gasteiger partial charge in [-0.3, -0.25) is 0 Å². The lowest BCUT2D eigenvalue weighted by Crippen LogP contribution is -2.21. The molecule has 1 aliphatic heterocycles. The molecule has 0 aliphatic carbocycles. The van der Waals surface area contributed by atoms with Crippen molar-refractivity contribution in [3.05, 3.63) is 35.9 Å². The Morgan fingerprint density at radius 2 is 1.94 bits per heavy atom. The maximum absolute atomic E-state index is 10.5. The van der Waals surface area contributed by atoms with Crippen LogP contribution in [0.25, 0.3) is 0 Å². The van der Waals surface area contributed by atoms with Crippen LogP contribution < -0.4 is 0 Å². The number of rotatable bonds is 3. The molecule has 2 rings (SSSR count). The molecule has 1 aromatic rings. The van der Waals surface area contributed by atoms with Gasteiger partial charge in [-0.25, -0.2) is 4.79 Å². The fourth-order valence-electron chi connectivity index (χ4n) is 2.19. The summed E-state index contributed by atoms with van der Waals surface area (Å²) in [6.45, 7) is 1.53. The molecule has 0 radical (unpaired) electrons. The van der Waals surface area contributed by atoms with E-state index in [1.807, 2.05) is 30.3 Å². The van der Waals surface area contributed by atoms with E-state index in [1.165, 1.54) is 0 Å². The Balaban J connectivity index is 2.19. The van der Waals surface area contributed by atoms with Crippen LogP contribution in [-0.4, -0.2) is 19.3 Å². The molecular formula is C13H15NO2. The van der Waals surface area contributed by atoms with Crippen molar-refractivity contribution in [2.24, 2.45) is 10.9 Å². The van der Waals surface area contributed by atoms with Crippen LogP contribution in [0.5, 0.6) is 0 Å². The Morgan fingerprint density at radius 1 is 1.25 bits per heavy atom. The second-order valence-electron chi connectivity index (χ2n) is 4.03. The summed E-state index contributed by atoms with van der Waals surface area (Å²) in [5.41, 5.74) is 1.10. The quantitative estimate of drug-likeness (QED) is 0.576. The van der Waals surface area contributed by atoms with Gasteiger partial charge in [-0.1, -0.05) is 30.3 Å². The molecule has 1 fully saturated rings. The molecule has 1 aliphatic rings. The van der Waals surface area contributed by atoms with Crippen LogP contribution in [0.15, 0.2) is 35.3 Å². The third-order valence-electron chi connectivity index (χ3n) is 3.05. The van der Waals surface area contributed by atoms with Gasteiger partial charge in [0.1, 0.15) is 0 Å². The summed E-state index contributed by atoms with van der Waals surface area (Å²) in [4.78, 5) is 14.5. The van der Waals surface area contributed by atoms with E-state index in [2.05, 4.69) is 4.99 Å². The minimum Gasteiger partial charge on any atom is -0.381 e. The first-order valence-corrected chi connectivity index (χ1v) is 5.61. The van der Waals surface area contributed by atoms with Gasteiger partial charge in [-0.05, 0) is 24.3 Å². The highest BCUT2D eigenvalue weighted by Gasteiger charge is 2.24. The normalized spacial score (nSPS) is 18.8. The van der Waals surface area contributed by atoms with E-state index in [0.29, 0.717) is 5.92 Å². The van der Waals surface area contributed by atoms with Crippen molar-refractivity contribution in [3.8, 4) is 0 Å². The van der Waals surface area contributed by atoms with E-state index in [9.17, 15) is 4.79 Å². The predicted octanol–water partition coefficient (Wildman–Crippen LogP) is 2.49. The summed E-state index contributed by atoms with van der Waals surface area (Å²) in [6.07, 6.45) is 3.62. The molecule has 0 aromatic heterocycles. The number of aliphatic imine (C=N–C) groups is 1. The van der Waals surface area contributed by atoms with E-state index >= 15 is 0 Å². The highest BCUT2D eigenvalue weighted by molar-refractivity contribution is 5.35.